The number of aromatic nitrogens is 2. The van der Waals surface area contributed by atoms with Gasteiger partial charge in [0.05, 0.1) is 25.0 Å². The number of hydrogen-bond acceptors (Lipinski definition) is 7. The standard InChI is InChI=1S/C28H26Cl2N4O4S/c1-16-6-8-18-24(10-16)39-27-26(18)28(36)34(15-31-27)13-25(35)33-32-12-17-7-9-22(23(11-17)37-2)38-14-19-20(29)4-3-5-21(19)30/h3-5,7,9,11-12,15-16H,6,8,10,13-14H2,1-2H3,(H,33,35)/b32-12-/t16-/m0/s1. The quantitative estimate of drug-likeness (QED) is 0.214. The third-order valence-electron chi connectivity index (χ3n) is 6.62. The molecule has 1 amide bonds. The average molecular weight is 586 g/mol. The second-order valence-corrected chi connectivity index (χ2v) is 11.3. The van der Waals surface area contributed by atoms with Crippen LogP contribution in [0.3, 0.4) is 0 Å². The van der Waals surface area contributed by atoms with Crippen LogP contribution in [-0.4, -0.2) is 28.8 Å². The topological polar surface area (TPSA) is 94.8 Å². The summed E-state index contributed by atoms with van der Waals surface area (Å²) >= 11 is 14.0. The number of amides is 1. The second kappa shape index (κ2) is 11.8. The Morgan fingerprint density at radius 1 is 1.26 bits per heavy atom. The first-order chi connectivity index (χ1) is 18.8. The van der Waals surface area contributed by atoms with Crippen molar-refractivity contribution in [3.8, 4) is 11.5 Å². The van der Waals surface area contributed by atoms with Gasteiger partial charge < -0.3 is 9.47 Å². The van der Waals surface area contributed by atoms with E-state index in [-0.39, 0.29) is 18.7 Å². The Morgan fingerprint density at radius 3 is 2.82 bits per heavy atom. The van der Waals surface area contributed by atoms with Crippen molar-refractivity contribution in [1.82, 2.24) is 15.0 Å². The number of rotatable bonds is 8. The van der Waals surface area contributed by atoms with Gasteiger partial charge in [-0.1, -0.05) is 36.2 Å². The van der Waals surface area contributed by atoms with Crippen LogP contribution in [-0.2, 0) is 30.8 Å². The largest absolute Gasteiger partial charge is 0.493 e. The van der Waals surface area contributed by atoms with Crippen molar-refractivity contribution >= 4 is 56.9 Å². The van der Waals surface area contributed by atoms with Gasteiger partial charge in [0.2, 0.25) is 0 Å². The molecule has 1 aliphatic carbocycles. The van der Waals surface area contributed by atoms with Gasteiger partial charge in [0.25, 0.3) is 11.5 Å². The zero-order valence-electron chi connectivity index (χ0n) is 21.4. The number of carbonyl (C=O) groups is 1. The summed E-state index contributed by atoms with van der Waals surface area (Å²) in [7, 11) is 1.53. The maximum absolute atomic E-state index is 13.1. The highest BCUT2D eigenvalue weighted by atomic mass is 35.5. The van der Waals surface area contributed by atoms with Crippen LogP contribution >= 0.6 is 34.5 Å². The van der Waals surface area contributed by atoms with E-state index in [9.17, 15) is 9.59 Å². The van der Waals surface area contributed by atoms with Gasteiger partial charge in [-0.05, 0) is 66.6 Å². The van der Waals surface area contributed by atoms with Crippen LogP contribution in [0.15, 0.2) is 52.6 Å². The molecule has 1 aliphatic rings. The number of aryl methyl sites for hydroxylation is 1. The summed E-state index contributed by atoms with van der Waals surface area (Å²) < 4.78 is 12.6. The molecule has 1 atom stereocenters. The number of halogens is 2. The third-order valence-corrected chi connectivity index (χ3v) is 8.49. The van der Waals surface area contributed by atoms with E-state index in [1.165, 1.54) is 29.1 Å². The number of hydrogen-bond donors (Lipinski definition) is 1. The van der Waals surface area contributed by atoms with Crippen LogP contribution in [0.2, 0.25) is 10.0 Å². The van der Waals surface area contributed by atoms with Crippen molar-refractivity contribution < 1.29 is 14.3 Å². The van der Waals surface area contributed by atoms with Gasteiger partial charge in [0, 0.05) is 20.5 Å². The van der Waals surface area contributed by atoms with Crippen molar-refractivity contribution in [3.63, 3.8) is 0 Å². The highest BCUT2D eigenvalue weighted by Gasteiger charge is 2.23. The van der Waals surface area contributed by atoms with E-state index < -0.39 is 5.91 Å². The maximum atomic E-state index is 13.1. The van der Waals surface area contributed by atoms with Gasteiger partial charge in [-0.15, -0.1) is 11.3 Å². The van der Waals surface area contributed by atoms with Gasteiger partial charge in [-0.3, -0.25) is 14.2 Å². The summed E-state index contributed by atoms with van der Waals surface area (Å²) in [6.07, 6.45) is 5.80. The number of carbonyl (C=O) groups excluding carboxylic acids is 1. The first-order valence-corrected chi connectivity index (χ1v) is 14.0. The summed E-state index contributed by atoms with van der Waals surface area (Å²) in [6.45, 7) is 2.22. The monoisotopic (exact) mass is 584 g/mol. The number of nitrogens with one attached hydrogen (secondary N) is 1. The minimum atomic E-state index is -0.434. The van der Waals surface area contributed by atoms with Crippen LogP contribution in [0, 0.1) is 5.92 Å². The fraction of sp³-hybridized carbons (Fsp3) is 0.286. The molecule has 2 aromatic heterocycles. The van der Waals surface area contributed by atoms with E-state index in [4.69, 9.17) is 32.7 Å². The van der Waals surface area contributed by atoms with E-state index in [0.29, 0.717) is 44.0 Å². The van der Waals surface area contributed by atoms with E-state index in [0.717, 1.165) is 29.7 Å². The predicted molar refractivity (Wildman–Crippen MR) is 155 cm³/mol. The van der Waals surface area contributed by atoms with Crippen molar-refractivity contribution in [2.45, 2.75) is 39.3 Å². The molecule has 0 bridgehead atoms. The van der Waals surface area contributed by atoms with Crippen molar-refractivity contribution in [3.05, 3.63) is 84.7 Å². The predicted octanol–water partition coefficient (Wildman–Crippen LogP) is 5.63. The Bertz CT molecular complexity index is 1610. The lowest BCUT2D eigenvalue weighted by Crippen LogP contribution is -2.30. The smallest absolute Gasteiger partial charge is 0.262 e. The average Bonchev–Trinajstić information content (AvgIpc) is 3.28. The Kier molecular flexibility index (Phi) is 8.20. The number of nitrogens with zero attached hydrogens (tertiary/aromatic N) is 3. The molecule has 202 valence electrons. The summed E-state index contributed by atoms with van der Waals surface area (Å²) in [5.41, 5.74) is 4.73. The molecule has 0 spiro atoms. The van der Waals surface area contributed by atoms with Gasteiger partial charge in [0.15, 0.2) is 11.5 Å². The number of benzene rings is 2. The summed E-state index contributed by atoms with van der Waals surface area (Å²) in [5, 5.41) is 5.71. The van der Waals surface area contributed by atoms with Crippen LogP contribution in [0.1, 0.15) is 34.9 Å². The molecule has 2 heterocycles. The lowest BCUT2D eigenvalue weighted by Gasteiger charge is -2.17. The van der Waals surface area contributed by atoms with Crippen LogP contribution in [0.25, 0.3) is 10.2 Å². The van der Waals surface area contributed by atoms with Crippen molar-refractivity contribution in [2.24, 2.45) is 11.0 Å². The van der Waals surface area contributed by atoms with E-state index in [1.807, 2.05) is 0 Å². The van der Waals surface area contributed by atoms with Gasteiger partial charge in [-0.2, -0.15) is 5.10 Å². The molecule has 0 aliphatic heterocycles. The molecule has 5 rings (SSSR count). The van der Waals surface area contributed by atoms with E-state index in [2.05, 4.69) is 22.4 Å². The fourth-order valence-electron chi connectivity index (χ4n) is 4.55. The lowest BCUT2D eigenvalue weighted by atomic mass is 9.89. The SMILES string of the molecule is COc1cc(/C=N\NC(=O)Cn2cnc3sc4c(c3c2=O)CC[C@H](C)C4)ccc1OCc1c(Cl)cccc1Cl. The Balaban J connectivity index is 1.23. The number of thiophene rings is 1. The number of methoxy groups -OCH3 is 1. The zero-order valence-corrected chi connectivity index (χ0v) is 23.7. The number of ether oxygens (including phenoxy) is 2. The van der Waals surface area contributed by atoms with Crippen molar-refractivity contribution in [1.29, 1.82) is 0 Å². The van der Waals surface area contributed by atoms with Crippen LogP contribution in [0.4, 0.5) is 0 Å². The molecule has 39 heavy (non-hydrogen) atoms. The third kappa shape index (κ3) is 5.95. The molecule has 0 fully saturated rings. The van der Waals surface area contributed by atoms with Gasteiger partial charge >= 0.3 is 0 Å². The van der Waals surface area contributed by atoms with E-state index >= 15 is 0 Å². The highest BCUT2D eigenvalue weighted by molar-refractivity contribution is 7.18. The molecule has 8 nitrogen and oxygen atoms in total. The minimum Gasteiger partial charge on any atom is -0.493 e. The Labute approximate surface area is 239 Å². The van der Waals surface area contributed by atoms with E-state index in [1.54, 1.807) is 47.7 Å². The molecule has 0 unspecified atom stereocenters. The van der Waals surface area contributed by atoms with Gasteiger partial charge in [0.1, 0.15) is 18.0 Å². The molecule has 2 aromatic carbocycles. The maximum Gasteiger partial charge on any atom is 0.262 e. The summed E-state index contributed by atoms with van der Waals surface area (Å²) in [5.74, 6) is 1.15. The molecule has 0 saturated heterocycles. The zero-order chi connectivity index (χ0) is 27.5. The molecular formula is C28H26Cl2N4O4S. The highest BCUT2D eigenvalue weighted by Crippen LogP contribution is 2.35. The summed E-state index contributed by atoms with van der Waals surface area (Å²) in [6, 6.07) is 10.5. The molecule has 1 N–H and O–H groups in total. The van der Waals surface area contributed by atoms with Crippen molar-refractivity contribution in [2.75, 3.05) is 7.11 Å². The number of hydrazone groups is 1. The van der Waals surface area contributed by atoms with Gasteiger partial charge in [-0.25, -0.2) is 10.4 Å². The van der Waals surface area contributed by atoms with Crippen LogP contribution in [0.5, 0.6) is 11.5 Å². The Hall–Kier alpha value is -3.40. The number of fused-ring (bicyclic) bond motifs is 3. The second-order valence-electron chi connectivity index (χ2n) is 9.40. The van der Waals surface area contributed by atoms with Crippen LogP contribution < -0.4 is 20.5 Å². The lowest BCUT2D eigenvalue weighted by molar-refractivity contribution is -0.121. The molecule has 0 saturated carbocycles. The summed E-state index contributed by atoms with van der Waals surface area (Å²) in [4.78, 5) is 32.1. The first-order valence-electron chi connectivity index (χ1n) is 12.4. The minimum absolute atomic E-state index is 0.172. The fourth-order valence-corrected chi connectivity index (χ4v) is 6.40. The normalized spacial score (nSPS) is 14.9. The molecule has 11 heteroatoms. The molecular weight excluding hydrogens is 559 g/mol. The molecule has 0 radical (unpaired) electrons. The first kappa shape index (κ1) is 27.2. The Morgan fingerprint density at radius 2 is 2.05 bits per heavy atom. The molecule has 4 aromatic rings.